The molecule has 0 saturated carbocycles. The number of nitrogens with one attached hydrogen (secondary N) is 1. The molecule has 0 spiro atoms. The quantitative estimate of drug-likeness (QED) is 0.637. The van der Waals surface area contributed by atoms with Crippen LogP contribution in [0.1, 0.15) is 29.5 Å². The van der Waals surface area contributed by atoms with E-state index in [2.05, 4.69) is 15.5 Å². The molecule has 28 heavy (non-hydrogen) atoms. The van der Waals surface area contributed by atoms with Crippen LogP contribution >= 0.6 is 0 Å². The molecule has 2 N–H and O–H groups in total. The van der Waals surface area contributed by atoms with Gasteiger partial charge in [-0.2, -0.15) is 18.2 Å². The Labute approximate surface area is 157 Å². The summed E-state index contributed by atoms with van der Waals surface area (Å²) in [6.45, 7) is -0.354. The first kappa shape index (κ1) is 19.6. The van der Waals surface area contributed by atoms with Crippen LogP contribution in [0.5, 0.6) is 0 Å². The van der Waals surface area contributed by atoms with Gasteiger partial charge in [0.1, 0.15) is 0 Å². The van der Waals surface area contributed by atoms with Gasteiger partial charge in [-0.25, -0.2) is 0 Å². The molecule has 0 bridgehead atoms. The molecule has 0 aliphatic rings. The monoisotopic (exact) mass is 395 g/mol. The predicted octanol–water partition coefficient (Wildman–Crippen LogP) is 3.13. The van der Waals surface area contributed by atoms with Gasteiger partial charge in [-0.3, -0.25) is 4.79 Å². The van der Waals surface area contributed by atoms with Crippen molar-refractivity contribution in [2.75, 3.05) is 6.54 Å². The van der Waals surface area contributed by atoms with Crippen LogP contribution in [0.3, 0.4) is 0 Å². The van der Waals surface area contributed by atoms with E-state index >= 15 is 0 Å². The molecule has 10 heteroatoms. The Kier molecular flexibility index (Phi) is 5.78. The van der Waals surface area contributed by atoms with E-state index < -0.39 is 23.8 Å². The van der Waals surface area contributed by atoms with E-state index in [4.69, 9.17) is 8.94 Å². The Morgan fingerprint density at radius 3 is 2.71 bits per heavy atom. The number of aromatic nitrogens is 2. The maximum Gasteiger partial charge on any atom is 0.416 e. The smallest absolute Gasteiger partial charge is 0.416 e. The van der Waals surface area contributed by atoms with Gasteiger partial charge in [0.2, 0.25) is 17.6 Å². The minimum Gasteiger partial charge on any atom is -0.461 e. The molecular weight excluding hydrogens is 379 g/mol. The highest BCUT2D eigenvalue weighted by atomic mass is 19.4. The van der Waals surface area contributed by atoms with Crippen molar-refractivity contribution in [2.24, 2.45) is 0 Å². The van der Waals surface area contributed by atoms with E-state index in [1.165, 1.54) is 24.5 Å². The summed E-state index contributed by atoms with van der Waals surface area (Å²) in [7, 11) is 0. The number of amides is 1. The van der Waals surface area contributed by atoms with Crippen molar-refractivity contribution in [3.8, 4) is 11.6 Å². The summed E-state index contributed by atoms with van der Waals surface area (Å²) in [4.78, 5) is 16.0. The highest BCUT2D eigenvalue weighted by molar-refractivity contribution is 5.76. The standard InChI is InChI=1S/C18H16F3N3O4/c19-18(20,21)12-5-2-1-4-11(12)13(25)10-22-15(26)7-8-16-23-17(24-28-16)14-6-3-9-27-14/h1-6,9,13,25H,7-8,10H2,(H,22,26). The molecular formula is C18H16F3N3O4. The summed E-state index contributed by atoms with van der Waals surface area (Å²) in [5, 5.41) is 16.2. The largest absolute Gasteiger partial charge is 0.461 e. The number of rotatable bonds is 7. The SMILES string of the molecule is O=C(CCc1nc(-c2ccco2)no1)NCC(O)c1ccccc1C(F)(F)F. The Morgan fingerprint density at radius 2 is 2.00 bits per heavy atom. The third-order valence-corrected chi connectivity index (χ3v) is 3.89. The number of aliphatic hydroxyl groups excluding tert-OH is 1. The van der Waals surface area contributed by atoms with Gasteiger partial charge in [-0.1, -0.05) is 23.4 Å². The number of aliphatic hydroxyl groups is 1. The topological polar surface area (TPSA) is 101 Å². The zero-order valence-electron chi connectivity index (χ0n) is 14.4. The maximum atomic E-state index is 13.0. The van der Waals surface area contributed by atoms with Crippen LogP contribution in [0.4, 0.5) is 13.2 Å². The second-order valence-electron chi connectivity index (χ2n) is 5.89. The van der Waals surface area contributed by atoms with Gasteiger partial charge in [-0.15, -0.1) is 0 Å². The van der Waals surface area contributed by atoms with E-state index in [1.807, 2.05) is 0 Å². The highest BCUT2D eigenvalue weighted by Gasteiger charge is 2.34. The molecule has 0 saturated heterocycles. The fourth-order valence-corrected chi connectivity index (χ4v) is 2.54. The summed E-state index contributed by atoms with van der Waals surface area (Å²) in [6, 6.07) is 8.00. The molecule has 2 aromatic heterocycles. The number of benzene rings is 1. The average Bonchev–Trinajstić information content (AvgIpc) is 3.35. The Bertz CT molecular complexity index is 922. The third-order valence-electron chi connectivity index (χ3n) is 3.89. The van der Waals surface area contributed by atoms with E-state index in [0.717, 1.165) is 6.07 Å². The van der Waals surface area contributed by atoms with E-state index in [0.29, 0.717) is 5.76 Å². The van der Waals surface area contributed by atoms with Gasteiger partial charge in [0.15, 0.2) is 5.76 Å². The van der Waals surface area contributed by atoms with Gasteiger partial charge >= 0.3 is 6.18 Å². The van der Waals surface area contributed by atoms with Crippen LogP contribution in [-0.2, 0) is 17.4 Å². The van der Waals surface area contributed by atoms with E-state index in [9.17, 15) is 23.1 Å². The summed E-state index contributed by atoms with van der Waals surface area (Å²) in [5.74, 6) is 0.413. The fourth-order valence-electron chi connectivity index (χ4n) is 2.54. The Hall–Kier alpha value is -3.14. The molecule has 0 fully saturated rings. The molecule has 2 heterocycles. The predicted molar refractivity (Wildman–Crippen MR) is 89.7 cm³/mol. The number of carbonyl (C=O) groups excluding carboxylic acids is 1. The lowest BCUT2D eigenvalue weighted by Gasteiger charge is -2.17. The second kappa shape index (κ2) is 8.26. The van der Waals surface area contributed by atoms with E-state index in [-0.39, 0.29) is 36.7 Å². The minimum atomic E-state index is -4.59. The lowest BCUT2D eigenvalue weighted by molar-refractivity contribution is -0.139. The first-order chi connectivity index (χ1) is 13.3. The van der Waals surface area contributed by atoms with Gasteiger partial charge < -0.3 is 19.4 Å². The Balaban J connectivity index is 1.51. The van der Waals surface area contributed by atoms with Crippen molar-refractivity contribution < 1.29 is 32.0 Å². The van der Waals surface area contributed by atoms with E-state index in [1.54, 1.807) is 12.1 Å². The van der Waals surface area contributed by atoms with Gasteiger partial charge in [0, 0.05) is 19.4 Å². The number of hydrogen-bond donors (Lipinski definition) is 2. The zero-order valence-corrected chi connectivity index (χ0v) is 14.4. The molecule has 7 nitrogen and oxygen atoms in total. The molecule has 1 atom stereocenters. The van der Waals surface area contributed by atoms with Crippen LogP contribution in [0.25, 0.3) is 11.6 Å². The van der Waals surface area contributed by atoms with Crippen molar-refractivity contribution in [3.63, 3.8) is 0 Å². The minimum absolute atomic E-state index is 0.0343. The molecule has 3 aromatic rings. The number of furan rings is 1. The molecule has 0 aliphatic heterocycles. The lowest BCUT2D eigenvalue weighted by atomic mass is 10.0. The highest BCUT2D eigenvalue weighted by Crippen LogP contribution is 2.34. The van der Waals surface area contributed by atoms with Crippen molar-refractivity contribution in [1.82, 2.24) is 15.5 Å². The van der Waals surface area contributed by atoms with Crippen molar-refractivity contribution in [2.45, 2.75) is 25.1 Å². The number of aryl methyl sites for hydroxylation is 1. The van der Waals surface area contributed by atoms with Crippen molar-refractivity contribution >= 4 is 5.91 Å². The average molecular weight is 395 g/mol. The number of halogens is 3. The number of alkyl halides is 3. The molecule has 0 aliphatic carbocycles. The number of nitrogens with zero attached hydrogens (tertiary/aromatic N) is 2. The first-order valence-electron chi connectivity index (χ1n) is 8.32. The normalized spacial score (nSPS) is 12.7. The van der Waals surface area contributed by atoms with Gasteiger partial charge in [0.05, 0.1) is 17.9 Å². The molecule has 3 rings (SSSR count). The fraction of sp³-hybridized carbons (Fsp3) is 0.278. The molecule has 1 amide bonds. The molecule has 1 unspecified atom stereocenters. The Morgan fingerprint density at radius 1 is 1.21 bits per heavy atom. The van der Waals surface area contributed by atoms with Gasteiger partial charge in [0.25, 0.3) is 0 Å². The van der Waals surface area contributed by atoms with Crippen molar-refractivity contribution in [3.05, 3.63) is 59.7 Å². The number of carbonyl (C=O) groups is 1. The summed E-state index contributed by atoms with van der Waals surface area (Å²) < 4.78 is 49.1. The summed E-state index contributed by atoms with van der Waals surface area (Å²) >= 11 is 0. The van der Waals surface area contributed by atoms with Crippen LogP contribution in [0.2, 0.25) is 0 Å². The van der Waals surface area contributed by atoms with Gasteiger partial charge in [-0.05, 0) is 23.8 Å². The maximum absolute atomic E-state index is 13.0. The van der Waals surface area contributed by atoms with Crippen LogP contribution in [0, 0.1) is 0 Å². The molecule has 0 radical (unpaired) electrons. The third kappa shape index (κ3) is 4.77. The van der Waals surface area contributed by atoms with Crippen LogP contribution in [-0.4, -0.2) is 27.7 Å². The first-order valence-corrected chi connectivity index (χ1v) is 8.32. The zero-order chi connectivity index (χ0) is 20.1. The lowest BCUT2D eigenvalue weighted by Crippen LogP contribution is -2.29. The van der Waals surface area contributed by atoms with Crippen LogP contribution in [0.15, 0.2) is 51.6 Å². The second-order valence-corrected chi connectivity index (χ2v) is 5.89. The molecule has 148 valence electrons. The molecule has 1 aromatic carbocycles. The summed E-state index contributed by atoms with van der Waals surface area (Å²) in [5.41, 5.74) is -1.23. The number of hydrogen-bond acceptors (Lipinski definition) is 6. The van der Waals surface area contributed by atoms with Crippen molar-refractivity contribution in [1.29, 1.82) is 0 Å². The summed E-state index contributed by atoms with van der Waals surface area (Å²) in [6.07, 6.45) is -4.52. The van der Waals surface area contributed by atoms with Crippen LogP contribution < -0.4 is 5.32 Å².